The standard InChI is InChI=1S/C11H13ClN2O2/c12-8-6-7(3-4-9(8)13)14-11(15)10-2-1-5-16-10/h3-4,6,10H,1-2,5,13H2,(H,14,15). The van der Waals surface area contributed by atoms with Crippen LogP contribution in [0.5, 0.6) is 0 Å². The quantitative estimate of drug-likeness (QED) is 0.778. The van der Waals surface area contributed by atoms with E-state index < -0.39 is 0 Å². The normalized spacial score (nSPS) is 19.7. The van der Waals surface area contributed by atoms with Crippen LogP contribution in [0.25, 0.3) is 0 Å². The first-order chi connectivity index (χ1) is 7.66. The van der Waals surface area contributed by atoms with Crippen molar-refractivity contribution in [1.82, 2.24) is 0 Å². The molecule has 1 aliphatic rings. The number of anilines is 2. The van der Waals surface area contributed by atoms with Gasteiger partial charge in [-0.15, -0.1) is 0 Å². The molecule has 3 N–H and O–H groups in total. The summed E-state index contributed by atoms with van der Waals surface area (Å²) in [4.78, 5) is 11.7. The lowest BCUT2D eigenvalue weighted by Gasteiger charge is -2.10. The maximum Gasteiger partial charge on any atom is 0.253 e. The first-order valence-electron chi connectivity index (χ1n) is 5.14. The number of nitrogens with one attached hydrogen (secondary N) is 1. The molecule has 0 radical (unpaired) electrons. The molecule has 4 nitrogen and oxygen atoms in total. The number of benzene rings is 1. The van der Waals surface area contributed by atoms with Crippen LogP contribution in [0.1, 0.15) is 12.8 Å². The van der Waals surface area contributed by atoms with Gasteiger partial charge < -0.3 is 15.8 Å². The maximum atomic E-state index is 11.7. The average molecular weight is 241 g/mol. The highest BCUT2D eigenvalue weighted by molar-refractivity contribution is 6.33. The number of hydrogen-bond acceptors (Lipinski definition) is 3. The summed E-state index contributed by atoms with van der Waals surface area (Å²) in [5.41, 5.74) is 6.71. The number of hydrogen-bond donors (Lipinski definition) is 2. The molecule has 0 spiro atoms. The minimum Gasteiger partial charge on any atom is -0.398 e. The first-order valence-corrected chi connectivity index (χ1v) is 5.52. The number of nitrogens with two attached hydrogens (primary N) is 1. The Balaban J connectivity index is 2.02. The van der Waals surface area contributed by atoms with Gasteiger partial charge in [-0.2, -0.15) is 0 Å². The second kappa shape index (κ2) is 4.72. The molecule has 1 amide bonds. The predicted molar refractivity (Wildman–Crippen MR) is 63.5 cm³/mol. The summed E-state index contributed by atoms with van der Waals surface area (Å²) in [7, 11) is 0. The smallest absolute Gasteiger partial charge is 0.253 e. The van der Waals surface area contributed by atoms with Crippen molar-refractivity contribution in [2.75, 3.05) is 17.7 Å². The average Bonchev–Trinajstić information content (AvgIpc) is 2.77. The van der Waals surface area contributed by atoms with Gasteiger partial charge in [-0.3, -0.25) is 4.79 Å². The van der Waals surface area contributed by atoms with Gasteiger partial charge in [0.25, 0.3) is 5.91 Å². The minimum atomic E-state index is -0.337. The fourth-order valence-electron chi connectivity index (χ4n) is 1.61. The summed E-state index contributed by atoms with van der Waals surface area (Å²) in [5.74, 6) is -0.127. The van der Waals surface area contributed by atoms with Crippen molar-refractivity contribution in [3.05, 3.63) is 23.2 Å². The zero-order valence-electron chi connectivity index (χ0n) is 8.70. The van der Waals surface area contributed by atoms with Crippen molar-refractivity contribution in [2.24, 2.45) is 0 Å². The van der Waals surface area contributed by atoms with Gasteiger partial charge in [0.2, 0.25) is 0 Å². The van der Waals surface area contributed by atoms with Gasteiger partial charge in [-0.1, -0.05) is 11.6 Å². The van der Waals surface area contributed by atoms with Crippen LogP contribution in [-0.4, -0.2) is 18.6 Å². The van der Waals surface area contributed by atoms with Crippen molar-refractivity contribution < 1.29 is 9.53 Å². The number of rotatable bonds is 2. The van der Waals surface area contributed by atoms with E-state index in [0.717, 1.165) is 12.8 Å². The second-order valence-electron chi connectivity index (χ2n) is 3.73. The third kappa shape index (κ3) is 2.46. The van der Waals surface area contributed by atoms with E-state index in [9.17, 15) is 4.79 Å². The number of carbonyl (C=O) groups is 1. The van der Waals surface area contributed by atoms with Gasteiger partial charge in [0.15, 0.2) is 0 Å². The Morgan fingerprint density at radius 2 is 2.38 bits per heavy atom. The lowest BCUT2D eigenvalue weighted by atomic mass is 10.2. The monoisotopic (exact) mass is 240 g/mol. The Morgan fingerprint density at radius 1 is 1.56 bits per heavy atom. The molecule has 0 aromatic heterocycles. The molecule has 0 saturated carbocycles. The van der Waals surface area contributed by atoms with Gasteiger partial charge in [0, 0.05) is 12.3 Å². The molecular weight excluding hydrogens is 228 g/mol. The number of ether oxygens (including phenoxy) is 1. The van der Waals surface area contributed by atoms with Crippen molar-refractivity contribution >= 4 is 28.9 Å². The Morgan fingerprint density at radius 3 is 3.00 bits per heavy atom. The van der Waals surface area contributed by atoms with Crippen molar-refractivity contribution in [2.45, 2.75) is 18.9 Å². The van der Waals surface area contributed by atoms with E-state index in [2.05, 4.69) is 5.32 Å². The van der Waals surface area contributed by atoms with Crippen LogP contribution >= 0.6 is 11.6 Å². The number of carbonyl (C=O) groups excluding carboxylic acids is 1. The third-order valence-corrected chi connectivity index (χ3v) is 2.82. The molecule has 1 saturated heterocycles. The minimum absolute atomic E-state index is 0.127. The number of halogens is 1. The lowest BCUT2D eigenvalue weighted by molar-refractivity contribution is -0.124. The van der Waals surface area contributed by atoms with Crippen LogP contribution in [0, 0.1) is 0 Å². The van der Waals surface area contributed by atoms with Crippen LogP contribution in [0.4, 0.5) is 11.4 Å². The molecule has 5 heteroatoms. The summed E-state index contributed by atoms with van der Waals surface area (Å²) >= 11 is 5.85. The van der Waals surface area contributed by atoms with Gasteiger partial charge in [-0.05, 0) is 31.0 Å². The Labute approximate surface area is 98.7 Å². The molecule has 1 fully saturated rings. The molecule has 1 unspecified atom stereocenters. The Hall–Kier alpha value is -1.26. The lowest BCUT2D eigenvalue weighted by Crippen LogP contribution is -2.26. The van der Waals surface area contributed by atoms with E-state index >= 15 is 0 Å². The van der Waals surface area contributed by atoms with Crippen molar-refractivity contribution in [3.63, 3.8) is 0 Å². The Bertz CT molecular complexity index is 403. The van der Waals surface area contributed by atoms with Crippen molar-refractivity contribution in [3.8, 4) is 0 Å². The second-order valence-corrected chi connectivity index (χ2v) is 4.13. The van der Waals surface area contributed by atoms with Gasteiger partial charge >= 0.3 is 0 Å². The fourth-order valence-corrected chi connectivity index (χ4v) is 1.79. The summed E-state index contributed by atoms with van der Waals surface area (Å²) in [6.07, 6.45) is 1.37. The summed E-state index contributed by atoms with van der Waals surface area (Å²) in [5, 5.41) is 3.18. The van der Waals surface area contributed by atoms with Crippen molar-refractivity contribution in [1.29, 1.82) is 0 Å². The SMILES string of the molecule is Nc1ccc(NC(=O)C2CCCO2)cc1Cl. The van der Waals surface area contributed by atoms with E-state index in [-0.39, 0.29) is 12.0 Å². The molecule has 1 aliphatic heterocycles. The molecule has 1 heterocycles. The van der Waals surface area contributed by atoms with Crippen LogP contribution in [-0.2, 0) is 9.53 Å². The Kier molecular flexibility index (Phi) is 3.31. The predicted octanol–water partition coefficient (Wildman–Crippen LogP) is 2.04. The molecule has 86 valence electrons. The highest BCUT2D eigenvalue weighted by Gasteiger charge is 2.23. The van der Waals surface area contributed by atoms with Crippen LogP contribution in [0.2, 0.25) is 5.02 Å². The van der Waals surface area contributed by atoms with E-state index in [4.69, 9.17) is 22.1 Å². The molecule has 0 aliphatic carbocycles. The summed E-state index contributed by atoms with van der Waals surface area (Å²) in [6, 6.07) is 5.01. The van der Waals surface area contributed by atoms with Crippen LogP contribution in [0.15, 0.2) is 18.2 Å². The maximum absolute atomic E-state index is 11.7. The zero-order chi connectivity index (χ0) is 11.5. The molecular formula is C11H13ClN2O2. The fraction of sp³-hybridized carbons (Fsp3) is 0.364. The van der Waals surface area contributed by atoms with Gasteiger partial charge in [0.1, 0.15) is 6.10 Å². The highest BCUT2D eigenvalue weighted by Crippen LogP contribution is 2.23. The third-order valence-electron chi connectivity index (χ3n) is 2.49. The molecule has 16 heavy (non-hydrogen) atoms. The van der Waals surface area contributed by atoms with Crippen LogP contribution in [0.3, 0.4) is 0 Å². The van der Waals surface area contributed by atoms with Gasteiger partial charge in [0.05, 0.1) is 10.7 Å². The summed E-state index contributed by atoms with van der Waals surface area (Å²) < 4.78 is 5.27. The van der Waals surface area contributed by atoms with E-state index in [1.54, 1.807) is 18.2 Å². The zero-order valence-corrected chi connectivity index (χ0v) is 9.46. The van der Waals surface area contributed by atoms with E-state index in [0.29, 0.717) is 23.0 Å². The summed E-state index contributed by atoms with van der Waals surface area (Å²) in [6.45, 7) is 0.653. The molecule has 1 aromatic carbocycles. The first kappa shape index (κ1) is 11.2. The molecule has 2 rings (SSSR count). The molecule has 1 aromatic rings. The molecule has 1 atom stereocenters. The topological polar surface area (TPSA) is 64.3 Å². The largest absolute Gasteiger partial charge is 0.398 e. The highest BCUT2D eigenvalue weighted by atomic mass is 35.5. The number of amides is 1. The number of nitrogen functional groups attached to an aromatic ring is 1. The molecule has 0 bridgehead atoms. The van der Waals surface area contributed by atoms with E-state index in [1.165, 1.54) is 0 Å². The van der Waals surface area contributed by atoms with Gasteiger partial charge in [-0.25, -0.2) is 0 Å². The van der Waals surface area contributed by atoms with E-state index in [1.807, 2.05) is 0 Å². The van der Waals surface area contributed by atoms with Crippen LogP contribution < -0.4 is 11.1 Å².